The molecule has 2 aromatic heterocycles. The molecule has 2 aromatic rings. The normalized spacial score (nSPS) is 17.0. The molecular weight excluding hydrogens is 306 g/mol. The molecule has 0 spiro atoms. The average molecular weight is 323 g/mol. The van der Waals surface area contributed by atoms with Crippen molar-refractivity contribution in [2.75, 3.05) is 31.9 Å². The van der Waals surface area contributed by atoms with E-state index in [1.165, 1.54) is 10.6 Å². The second-order valence-corrected chi connectivity index (χ2v) is 7.33. The summed E-state index contributed by atoms with van der Waals surface area (Å²) in [4.78, 5) is 18.2. The van der Waals surface area contributed by atoms with Gasteiger partial charge in [-0.3, -0.25) is 4.79 Å². The van der Waals surface area contributed by atoms with Crippen molar-refractivity contribution in [1.82, 2.24) is 23.8 Å². The molecule has 0 unspecified atom stereocenters. The van der Waals surface area contributed by atoms with Crippen LogP contribution < -0.4 is 0 Å². The van der Waals surface area contributed by atoms with Crippen LogP contribution in [0.5, 0.6) is 0 Å². The first-order valence-electron chi connectivity index (χ1n) is 7.08. The molecular formula is C13H17N5O3S. The highest BCUT2D eigenvalue weighted by Gasteiger charge is 2.28. The van der Waals surface area contributed by atoms with Gasteiger partial charge in [0.2, 0.25) is 10.0 Å². The van der Waals surface area contributed by atoms with Gasteiger partial charge in [-0.2, -0.15) is 9.40 Å². The third-order valence-electron chi connectivity index (χ3n) is 3.81. The standard InChI is InChI=1S/C13H17N5O3S/c1-2-22(20,21)17-7-5-16(6-8-17)13(19)11-3-4-18-12(9-11)14-10-15-18/h3-4,9-10H,2,5-8H2,1H3. The van der Waals surface area contributed by atoms with E-state index in [4.69, 9.17) is 0 Å². The number of hydrogen-bond donors (Lipinski definition) is 0. The molecule has 3 rings (SSSR count). The summed E-state index contributed by atoms with van der Waals surface area (Å²) in [5.41, 5.74) is 1.14. The zero-order chi connectivity index (χ0) is 15.7. The number of sulfonamides is 1. The Kier molecular flexibility index (Phi) is 3.83. The van der Waals surface area contributed by atoms with Crippen LogP contribution in [-0.4, -0.2) is 70.1 Å². The van der Waals surface area contributed by atoms with E-state index in [-0.39, 0.29) is 11.7 Å². The maximum Gasteiger partial charge on any atom is 0.254 e. The van der Waals surface area contributed by atoms with Crippen molar-refractivity contribution >= 4 is 21.6 Å². The number of carbonyl (C=O) groups is 1. The van der Waals surface area contributed by atoms with E-state index in [1.807, 2.05) is 0 Å². The minimum Gasteiger partial charge on any atom is -0.336 e. The van der Waals surface area contributed by atoms with Gasteiger partial charge < -0.3 is 4.90 Å². The summed E-state index contributed by atoms with van der Waals surface area (Å²) in [6.45, 7) is 3.11. The van der Waals surface area contributed by atoms with Crippen LogP contribution in [0.15, 0.2) is 24.7 Å². The first kappa shape index (κ1) is 14.9. The first-order chi connectivity index (χ1) is 10.5. The fraction of sp³-hybridized carbons (Fsp3) is 0.462. The van der Waals surface area contributed by atoms with Crippen molar-refractivity contribution in [3.63, 3.8) is 0 Å². The summed E-state index contributed by atoms with van der Waals surface area (Å²) < 4.78 is 26.7. The molecule has 0 aliphatic carbocycles. The Morgan fingerprint density at radius 2 is 2.00 bits per heavy atom. The largest absolute Gasteiger partial charge is 0.336 e. The number of nitrogens with zero attached hydrogens (tertiary/aromatic N) is 5. The summed E-state index contributed by atoms with van der Waals surface area (Å²) in [5, 5.41) is 3.99. The zero-order valence-corrected chi connectivity index (χ0v) is 13.0. The lowest BCUT2D eigenvalue weighted by atomic mass is 10.2. The van der Waals surface area contributed by atoms with Gasteiger partial charge in [-0.05, 0) is 19.1 Å². The second kappa shape index (κ2) is 5.65. The summed E-state index contributed by atoms with van der Waals surface area (Å²) in [7, 11) is -3.18. The molecule has 9 heteroatoms. The fourth-order valence-corrected chi connectivity index (χ4v) is 3.57. The molecule has 1 aliphatic rings. The van der Waals surface area contributed by atoms with E-state index < -0.39 is 10.0 Å². The predicted octanol–water partition coefficient (Wildman–Crippen LogP) is -0.163. The number of aromatic nitrogens is 3. The van der Waals surface area contributed by atoms with Crippen molar-refractivity contribution in [3.05, 3.63) is 30.2 Å². The molecule has 1 saturated heterocycles. The second-order valence-electron chi connectivity index (χ2n) is 5.07. The van der Waals surface area contributed by atoms with Crippen molar-refractivity contribution in [3.8, 4) is 0 Å². The minimum absolute atomic E-state index is 0.0878. The number of fused-ring (bicyclic) bond motifs is 1. The zero-order valence-electron chi connectivity index (χ0n) is 12.2. The Balaban J connectivity index is 1.71. The summed E-state index contributed by atoms with van der Waals surface area (Å²) in [5.74, 6) is -0.0242. The van der Waals surface area contributed by atoms with Gasteiger partial charge in [0.25, 0.3) is 5.91 Å². The van der Waals surface area contributed by atoms with E-state index in [1.54, 1.807) is 34.7 Å². The van der Waals surface area contributed by atoms with Gasteiger partial charge in [0, 0.05) is 37.9 Å². The van der Waals surface area contributed by atoms with Gasteiger partial charge in [-0.1, -0.05) is 0 Å². The van der Waals surface area contributed by atoms with Gasteiger partial charge in [0.1, 0.15) is 6.33 Å². The predicted molar refractivity (Wildman–Crippen MR) is 79.9 cm³/mol. The molecule has 1 amide bonds. The number of hydrogen-bond acceptors (Lipinski definition) is 5. The first-order valence-corrected chi connectivity index (χ1v) is 8.68. The smallest absolute Gasteiger partial charge is 0.254 e. The van der Waals surface area contributed by atoms with Crippen molar-refractivity contribution in [1.29, 1.82) is 0 Å². The van der Waals surface area contributed by atoms with Crippen LogP contribution in [0.2, 0.25) is 0 Å². The fourth-order valence-electron chi connectivity index (χ4n) is 2.48. The molecule has 1 fully saturated rings. The van der Waals surface area contributed by atoms with Gasteiger partial charge >= 0.3 is 0 Å². The summed E-state index contributed by atoms with van der Waals surface area (Å²) in [6.07, 6.45) is 3.12. The molecule has 0 radical (unpaired) electrons. The van der Waals surface area contributed by atoms with Crippen molar-refractivity contribution < 1.29 is 13.2 Å². The van der Waals surface area contributed by atoms with Gasteiger partial charge in [-0.15, -0.1) is 0 Å². The van der Waals surface area contributed by atoms with Gasteiger partial charge in [0.05, 0.1) is 5.75 Å². The van der Waals surface area contributed by atoms with Crippen LogP contribution in [0, 0.1) is 0 Å². The van der Waals surface area contributed by atoms with E-state index >= 15 is 0 Å². The molecule has 0 saturated carbocycles. The van der Waals surface area contributed by atoms with E-state index in [2.05, 4.69) is 10.1 Å². The van der Waals surface area contributed by atoms with Crippen LogP contribution in [-0.2, 0) is 10.0 Å². The SMILES string of the molecule is CCS(=O)(=O)N1CCN(C(=O)c2ccn3ncnc3c2)CC1. The van der Waals surface area contributed by atoms with E-state index in [9.17, 15) is 13.2 Å². The minimum atomic E-state index is -3.18. The molecule has 118 valence electrons. The number of pyridine rings is 1. The highest BCUT2D eigenvalue weighted by molar-refractivity contribution is 7.89. The third kappa shape index (κ3) is 2.69. The highest BCUT2D eigenvalue weighted by atomic mass is 32.2. The quantitative estimate of drug-likeness (QED) is 0.783. The van der Waals surface area contributed by atoms with Crippen LogP contribution in [0.3, 0.4) is 0 Å². The Bertz CT molecular complexity index is 793. The topological polar surface area (TPSA) is 87.9 Å². The monoisotopic (exact) mass is 323 g/mol. The summed E-state index contributed by atoms with van der Waals surface area (Å²) >= 11 is 0. The molecule has 8 nitrogen and oxygen atoms in total. The van der Waals surface area contributed by atoms with E-state index in [0.29, 0.717) is 37.4 Å². The van der Waals surface area contributed by atoms with Crippen LogP contribution >= 0.6 is 0 Å². The third-order valence-corrected chi connectivity index (χ3v) is 5.69. The maximum absolute atomic E-state index is 12.5. The molecule has 0 N–H and O–H groups in total. The van der Waals surface area contributed by atoms with Gasteiger partial charge in [0.15, 0.2) is 5.65 Å². The van der Waals surface area contributed by atoms with Crippen LogP contribution in [0.4, 0.5) is 0 Å². The number of carbonyl (C=O) groups excluding carboxylic acids is 1. The molecule has 3 heterocycles. The number of rotatable bonds is 3. The maximum atomic E-state index is 12.5. The molecule has 0 atom stereocenters. The van der Waals surface area contributed by atoms with E-state index in [0.717, 1.165) is 0 Å². The lowest BCUT2D eigenvalue weighted by molar-refractivity contribution is 0.0698. The van der Waals surface area contributed by atoms with Crippen molar-refractivity contribution in [2.45, 2.75) is 6.92 Å². The molecule has 22 heavy (non-hydrogen) atoms. The van der Waals surface area contributed by atoms with Crippen LogP contribution in [0.25, 0.3) is 5.65 Å². The Labute approximate surface area is 128 Å². The number of piperazine rings is 1. The highest BCUT2D eigenvalue weighted by Crippen LogP contribution is 2.12. The van der Waals surface area contributed by atoms with Crippen LogP contribution in [0.1, 0.15) is 17.3 Å². The lowest BCUT2D eigenvalue weighted by Gasteiger charge is -2.33. The van der Waals surface area contributed by atoms with Crippen molar-refractivity contribution in [2.24, 2.45) is 0 Å². The lowest BCUT2D eigenvalue weighted by Crippen LogP contribution is -2.50. The Morgan fingerprint density at radius 3 is 2.68 bits per heavy atom. The van der Waals surface area contributed by atoms with Gasteiger partial charge in [-0.25, -0.2) is 17.9 Å². The molecule has 0 aromatic carbocycles. The Morgan fingerprint density at radius 1 is 1.27 bits per heavy atom. The number of amides is 1. The Hall–Kier alpha value is -2.00. The average Bonchev–Trinajstić information content (AvgIpc) is 3.02. The summed E-state index contributed by atoms with van der Waals surface area (Å²) in [6, 6.07) is 3.38. The molecule has 1 aliphatic heterocycles. The molecule has 0 bridgehead atoms.